The maximum atomic E-state index is 15.0. The van der Waals surface area contributed by atoms with Gasteiger partial charge in [-0.3, -0.25) is 57.5 Å². The van der Waals surface area contributed by atoms with Crippen LogP contribution in [0.25, 0.3) is 0 Å². The Kier molecular flexibility index (Phi) is 31.2. The molecule has 24 nitrogen and oxygen atoms in total. The van der Waals surface area contributed by atoms with Gasteiger partial charge in [-0.15, -0.1) is 0 Å². The maximum absolute atomic E-state index is 15.0. The summed E-state index contributed by atoms with van der Waals surface area (Å²) >= 11 is 2.13. The molecular weight excluding hydrogens is 1300 g/mol. The number of likely N-dealkylation sites (tertiary alicyclic amines) is 1. The number of nitrogens with one attached hydrogen (secondary N) is 4. The molecule has 12 amide bonds. The van der Waals surface area contributed by atoms with Gasteiger partial charge in [0.2, 0.25) is 70.9 Å². The zero-order chi connectivity index (χ0) is 69.7. The molecule has 2 aromatic rings. The lowest BCUT2D eigenvalue weighted by atomic mass is 9.95. The van der Waals surface area contributed by atoms with Crippen molar-refractivity contribution in [3.05, 3.63) is 68.8 Å². The van der Waals surface area contributed by atoms with Gasteiger partial charge in [0.1, 0.15) is 48.3 Å². The molecule has 0 bridgehead atoms. The molecule has 1 unspecified atom stereocenters. The van der Waals surface area contributed by atoms with Gasteiger partial charge in [0.05, 0.1) is 26.1 Å². The molecule has 0 aromatic heterocycles. The van der Waals surface area contributed by atoms with E-state index in [2.05, 4.69) is 43.9 Å². The highest BCUT2D eigenvalue weighted by molar-refractivity contribution is 14.1. The fourth-order valence-electron chi connectivity index (χ4n) is 11.4. The van der Waals surface area contributed by atoms with Crippen molar-refractivity contribution in [2.45, 2.75) is 188 Å². The van der Waals surface area contributed by atoms with Crippen molar-refractivity contribution in [2.75, 3.05) is 82.1 Å². The van der Waals surface area contributed by atoms with Crippen LogP contribution in [-0.4, -0.2) is 240 Å². The van der Waals surface area contributed by atoms with Gasteiger partial charge in [-0.2, -0.15) is 0 Å². The number of carbonyl (C=O) groups is 12. The van der Waals surface area contributed by atoms with E-state index in [-0.39, 0.29) is 43.9 Å². The summed E-state index contributed by atoms with van der Waals surface area (Å²) in [6, 6.07) is 4.75. The summed E-state index contributed by atoms with van der Waals surface area (Å²) in [5.74, 6) is -8.63. The molecule has 516 valence electrons. The molecule has 0 radical (unpaired) electrons. The third-order valence-electron chi connectivity index (χ3n) is 17.8. The van der Waals surface area contributed by atoms with E-state index in [1.165, 1.54) is 75.9 Å². The van der Waals surface area contributed by atoms with E-state index < -0.39 is 151 Å². The highest BCUT2D eigenvalue weighted by atomic mass is 127. The predicted molar refractivity (Wildman–Crippen MR) is 363 cm³/mol. The van der Waals surface area contributed by atoms with E-state index >= 15 is 4.79 Å². The van der Waals surface area contributed by atoms with E-state index in [4.69, 9.17) is 0 Å². The number of amides is 12. The smallest absolute Gasteiger partial charge is 0.245 e. The first kappa shape index (κ1) is 78.3. The number of carbonyl (C=O) groups excluding carboxylic acids is 12. The first-order chi connectivity index (χ1) is 43.7. The fourth-order valence-corrected chi connectivity index (χ4v) is 12.0. The standard InChI is InChI=1S/C68H105IN12O12/c1-17-19-26-50-64(89)77(13)46(9)61(86)72-52(33-42(3)4)65(90)80(16)55(67(92)81-31-21-20-22-32-81)38-57(83)78(14)53(34-43(5)6)63(88)73-60(45(8)18-2)68(93)76(12)40-58(84)74(10)41-59(85)79(15)54(37-47-29-27-44(7)28-30-47)66(91)75(11)39-56(82)70-51(62(87)71-50)36-48-24-23-25-49(69)35-48/h23-25,27-30,35,42-43,45-46,50-55,60H,17-22,26,31-34,36-41H2,1-16H3,(H,70,82)(H,71,87)(H,72,86)(H,73,88)/t45-,46-,50-,51-,52-,53-,54-,55?,60-/m0/s1. The Morgan fingerprint density at radius 1 is 0.559 bits per heavy atom. The van der Waals surface area contributed by atoms with Crippen molar-refractivity contribution in [1.29, 1.82) is 0 Å². The van der Waals surface area contributed by atoms with Crippen LogP contribution in [0.3, 0.4) is 0 Å². The first-order valence-corrected chi connectivity index (χ1v) is 33.9. The normalized spacial score (nSPS) is 24.3. The Morgan fingerprint density at radius 2 is 1.14 bits per heavy atom. The number of piperidine rings is 1. The number of nitrogens with zero attached hydrogens (tertiary/aromatic N) is 8. The van der Waals surface area contributed by atoms with Crippen LogP contribution in [0, 0.1) is 28.2 Å². The minimum atomic E-state index is -1.38. The van der Waals surface area contributed by atoms with Gasteiger partial charge in [-0.25, -0.2) is 0 Å². The molecule has 2 fully saturated rings. The number of unbranched alkanes of at least 4 members (excludes halogenated alkanes) is 1. The van der Waals surface area contributed by atoms with Crippen LogP contribution in [0.1, 0.15) is 136 Å². The van der Waals surface area contributed by atoms with Gasteiger partial charge in [0.15, 0.2) is 0 Å². The molecule has 2 heterocycles. The first-order valence-electron chi connectivity index (χ1n) is 32.8. The van der Waals surface area contributed by atoms with Crippen molar-refractivity contribution in [3.8, 4) is 0 Å². The van der Waals surface area contributed by atoms with E-state index in [9.17, 15) is 52.7 Å². The maximum Gasteiger partial charge on any atom is 0.245 e. The highest BCUT2D eigenvalue weighted by Crippen LogP contribution is 2.23. The lowest BCUT2D eigenvalue weighted by Crippen LogP contribution is -2.60. The summed E-state index contributed by atoms with van der Waals surface area (Å²) in [6.07, 6.45) is 3.65. The van der Waals surface area contributed by atoms with Crippen LogP contribution in [0.5, 0.6) is 0 Å². The van der Waals surface area contributed by atoms with Gasteiger partial charge in [0.25, 0.3) is 0 Å². The fraction of sp³-hybridized carbons (Fsp3) is 0.647. The topological polar surface area (TPSA) is 279 Å². The van der Waals surface area contributed by atoms with Crippen LogP contribution in [0.15, 0.2) is 48.5 Å². The third-order valence-corrected chi connectivity index (χ3v) is 18.5. The van der Waals surface area contributed by atoms with Crippen LogP contribution in [0.2, 0.25) is 0 Å². The van der Waals surface area contributed by atoms with Gasteiger partial charge < -0.3 is 60.5 Å². The molecule has 2 saturated heterocycles. The molecule has 2 aromatic carbocycles. The zero-order valence-electron chi connectivity index (χ0n) is 57.8. The van der Waals surface area contributed by atoms with Crippen LogP contribution in [0.4, 0.5) is 0 Å². The monoisotopic (exact) mass is 1410 g/mol. The molecule has 0 aliphatic carbocycles. The van der Waals surface area contributed by atoms with Gasteiger partial charge in [-0.05, 0) is 116 Å². The summed E-state index contributed by atoms with van der Waals surface area (Å²) in [7, 11) is 9.86. The second kappa shape index (κ2) is 37.0. The average Bonchev–Trinajstić information content (AvgIpc) is 1.51. The quantitative estimate of drug-likeness (QED) is 0.197. The van der Waals surface area contributed by atoms with Crippen LogP contribution in [-0.2, 0) is 70.4 Å². The Morgan fingerprint density at radius 3 is 1.73 bits per heavy atom. The molecule has 4 rings (SSSR count). The van der Waals surface area contributed by atoms with E-state index in [1.807, 2.05) is 84.9 Å². The molecule has 2 aliphatic heterocycles. The zero-order valence-corrected chi connectivity index (χ0v) is 60.0. The predicted octanol–water partition coefficient (Wildman–Crippen LogP) is 3.77. The number of hydrogen-bond donors (Lipinski definition) is 4. The Hall–Kier alpha value is -7.19. The summed E-state index contributed by atoms with van der Waals surface area (Å²) in [6.45, 7) is 15.5. The Labute approximate surface area is 564 Å². The highest BCUT2D eigenvalue weighted by Gasteiger charge is 2.42. The summed E-state index contributed by atoms with van der Waals surface area (Å²) < 4.78 is 0.854. The largest absolute Gasteiger partial charge is 0.343 e. The molecular formula is C68H105IN12O12. The molecule has 9 atom stereocenters. The lowest BCUT2D eigenvalue weighted by molar-refractivity contribution is -0.151. The van der Waals surface area contributed by atoms with E-state index in [0.717, 1.165) is 30.3 Å². The minimum absolute atomic E-state index is 0.0133. The van der Waals surface area contributed by atoms with Gasteiger partial charge >= 0.3 is 0 Å². The molecule has 93 heavy (non-hydrogen) atoms. The van der Waals surface area contributed by atoms with Crippen molar-refractivity contribution in [3.63, 3.8) is 0 Å². The van der Waals surface area contributed by atoms with E-state index in [1.54, 1.807) is 24.0 Å². The number of aryl methyl sites for hydroxylation is 1. The minimum Gasteiger partial charge on any atom is -0.343 e. The number of benzene rings is 2. The van der Waals surface area contributed by atoms with Crippen LogP contribution >= 0.6 is 22.6 Å². The lowest BCUT2D eigenvalue weighted by Gasteiger charge is -2.38. The number of halogens is 1. The Balaban J connectivity index is 1.86. The second-order valence-electron chi connectivity index (χ2n) is 26.4. The average molecular weight is 1410 g/mol. The van der Waals surface area contributed by atoms with Gasteiger partial charge in [-0.1, -0.05) is 110 Å². The molecule has 4 N–H and O–H groups in total. The van der Waals surface area contributed by atoms with Crippen molar-refractivity contribution >= 4 is 93.5 Å². The second-order valence-corrected chi connectivity index (χ2v) is 27.6. The van der Waals surface area contributed by atoms with Crippen LogP contribution < -0.4 is 21.3 Å². The molecule has 2 aliphatic rings. The van der Waals surface area contributed by atoms with E-state index in [0.29, 0.717) is 56.3 Å². The number of hydrogen-bond acceptors (Lipinski definition) is 12. The molecule has 0 spiro atoms. The SMILES string of the molecule is CCCC[C@@H]1NC(=O)[C@H](Cc2cccc(I)c2)NC(=O)CN(C)C(=O)[C@H](Cc2ccc(C)cc2)N(C)C(=O)CN(C)C(=O)CN(C)C(=O)[C@H]([C@@H](C)CC)NC(=O)[C@H](CC(C)C)N(C)C(=O)CC(C(=O)N2CCCCC2)N(C)C(=O)[C@H](CC(C)C)NC(=O)[C@H](C)N(C)C1=O. The van der Waals surface area contributed by atoms with Crippen molar-refractivity contribution in [2.24, 2.45) is 17.8 Å². The third kappa shape index (κ3) is 23.1. The molecule has 0 saturated carbocycles. The Bertz CT molecular complexity index is 2940. The summed E-state index contributed by atoms with van der Waals surface area (Å²) in [5.41, 5.74) is 2.33. The number of likely N-dealkylation sites (N-methyl/N-ethyl adjacent to an activating group) is 7. The molecule has 25 heteroatoms. The summed E-state index contributed by atoms with van der Waals surface area (Å²) in [5, 5.41) is 11.4. The van der Waals surface area contributed by atoms with Gasteiger partial charge in [0, 0.05) is 78.8 Å². The summed E-state index contributed by atoms with van der Waals surface area (Å²) in [4.78, 5) is 185. The number of rotatable bonds is 14. The van der Waals surface area contributed by atoms with Crippen molar-refractivity contribution in [1.82, 2.24) is 60.5 Å². The van der Waals surface area contributed by atoms with Crippen molar-refractivity contribution < 1.29 is 57.5 Å².